The van der Waals surface area contributed by atoms with Gasteiger partial charge in [-0.15, -0.1) is 11.3 Å². The number of benzene rings is 1. The highest BCUT2D eigenvalue weighted by Crippen LogP contribution is 2.39. The van der Waals surface area contributed by atoms with Crippen LogP contribution in [0.25, 0.3) is 22.3 Å². The molecule has 0 radical (unpaired) electrons. The maximum absolute atomic E-state index is 13.7. The van der Waals surface area contributed by atoms with E-state index in [0.717, 1.165) is 36.8 Å². The van der Waals surface area contributed by atoms with Crippen LogP contribution in [0, 0.1) is 11.3 Å². The van der Waals surface area contributed by atoms with E-state index in [0.29, 0.717) is 57.6 Å². The van der Waals surface area contributed by atoms with E-state index in [1.54, 1.807) is 12.3 Å². The molecule has 1 aromatic carbocycles. The summed E-state index contributed by atoms with van der Waals surface area (Å²) < 4.78 is 13.2. The van der Waals surface area contributed by atoms with Gasteiger partial charge >= 0.3 is 0 Å². The topological polar surface area (TPSA) is 102 Å². The van der Waals surface area contributed by atoms with Gasteiger partial charge in [-0.3, -0.25) is 4.79 Å². The van der Waals surface area contributed by atoms with Gasteiger partial charge in [0.15, 0.2) is 17.1 Å². The molecule has 4 aromatic rings. The van der Waals surface area contributed by atoms with Crippen molar-refractivity contribution in [1.29, 1.82) is 5.26 Å². The first-order valence-corrected chi connectivity index (χ1v) is 13.0. The summed E-state index contributed by atoms with van der Waals surface area (Å²) in [6.45, 7) is 5.06. The average Bonchev–Trinajstić information content (AvgIpc) is 3.48. The maximum Gasteiger partial charge on any atom is 0.257 e. The van der Waals surface area contributed by atoms with Crippen molar-refractivity contribution in [3.8, 4) is 28.8 Å². The Hall–Kier alpha value is -3.90. The zero-order chi connectivity index (χ0) is 24.8. The molecule has 0 fully saturated rings. The van der Waals surface area contributed by atoms with Crippen LogP contribution in [-0.4, -0.2) is 33.9 Å². The second kappa shape index (κ2) is 8.95. The highest BCUT2D eigenvalue weighted by atomic mass is 32.1. The fourth-order valence-corrected chi connectivity index (χ4v) is 6.11. The monoisotopic (exact) mass is 499 g/mol. The number of anilines is 1. The highest BCUT2D eigenvalue weighted by Gasteiger charge is 2.24. The summed E-state index contributed by atoms with van der Waals surface area (Å²) in [7, 11) is 0. The lowest BCUT2D eigenvalue weighted by molar-refractivity contribution is 0.102. The number of amides is 1. The highest BCUT2D eigenvalue weighted by molar-refractivity contribution is 7.16. The van der Waals surface area contributed by atoms with Crippen LogP contribution in [0.1, 0.15) is 59.1 Å². The van der Waals surface area contributed by atoms with Gasteiger partial charge in [0, 0.05) is 16.5 Å². The lowest BCUT2D eigenvalue weighted by atomic mass is 9.96. The second-order valence-corrected chi connectivity index (χ2v) is 10.4. The minimum absolute atomic E-state index is 0.0654. The van der Waals surface area contributed by atoms with Crippen LogP contribution in [0.3, 0.4) is 0 Å². The number of nitrogens with zero attached hydrogens (tertiary/aromatic N) is 4. The Kier molecular flexibility index (Phi) is 5.61. The Morgan fingerprint density at radius 2 is 1.97 bits per heavy atom. The lowest BCUT2D eigenvalue weighted by Crippen LogP contribution is -2.15. The van der Waals surface area contributed by atoms with Crippen molar-refractivity contribution in [2.24, 2.45) is 0 Å². The smallest absolute Gasteiger partial charge is 0.257 e. The van der Waals surface area contributed by atoms with Gasteiger partial charge in [0.1, 0.15) is 24.3 Å². The molecule has 0 bridgehead atoms. The van der Waals surface area contributed by atoms with E-state index in [1.807, 2.05) is 36.7 Å². The molecule has 3 aromatic heterocycles. The van der Waals surface area contributed by atoms with Gasteiger partial charge in [0.05, 0.1) is 28.4 Å². The Morgan fingerprint density at radius 1 is 1.17 bits per heavy atom. The number of aryl methyl sites for hydroxylation is 1. The number of hydrogen-bond donors (Lipinski definition) is 1. The molecular weight excluding hydrogens is 474 g/mol. The summed E-state index contributed by atoms with van der Waals surface area (Å²) >= 11 is 1.52. The number of pyridine rings is 1. The number of nitrogens with one attached hydrogen (secondary N) is 1. The lowest BCUT2D eigenvalue weighted by Gasteiger charge is -2.19. The molecular formula is C27H25N5O3S. The van der Waals surface area contributed by atoms with Gasteiger partial charge in [0.2, 0.25) is 0 Å². The zero-order valence-corrected chi connectivity index (χ0v) is 20.9. The third kappa shape index (κ3) is 3.78. The first-order chi connectivity index (χ1) is 17.5. The molecule has 9 heteroatoms. The molecule has 1 aliphatic carbocycles. The Bertz CT molecular complexity index is 1550. The standard InChI is InChI=1S/C27H25N5O3S/c1-15(2)32-25-20(14-29-32)18(12-21(30-25)16-7-8-22-23(11-16)35-10-9-34-22)26(33)31-27-19(13-28)17-5-3-4-6-24(17)36-27/h7-8,11-12,14-15H,3-6,9-10H2,1-2H3,(H,31,33). The van der Waals surface area contributed by atoms with E-state index >= 15 is 0 Å². The number of nitriles is 1. The molecule has 0 saturated heterocycles. The van der Waals surface area contributed by atoms with E-state index in [2.05, 4.69) is 16.5 Å². The van der Waals surface area contributed by atoms with Gasteiger partial charge in [-0.25, -0.2) is 9.67 Å². The number of thiophene rings is 1. The molecule has 2 aliphatic rings. The van der Waals surface area contributed by atoms with Crippen LogP contribution in [0.15, 0.2) is 30.5 Å². The first-order valence-electron chi connectivity index (χ1n) is 12.2. The summed E-state index contributed by atoms with van der Waals surface area (Å²) in [5.41, 5.74) is 4.24. The molecule has 1 aliphatic heterocycles. The number of rotatable bonds is 4. The Labute approximate surface area is 212 Å². The predicted molar refractivity (Wildman–Crippen MR) is 138 cm³/mol. The second-order valence-electron chi connectivity index (χ2n) is 9.31. The third-order valence-corrected chi connectivity index (χ3v) is 7.86. The van der Waals surface area contributed by atoms with Crippen LogP contribution in [0.2, 0.25) is 0 Å². The zero-order valence-electron chi connectivity index (χ0n) is 20.1. The van der Waals surface area contributed by atoms with Crippen molar-refractivity contribution in [2.75, 3.05) is 18.5 Å². The van der Waals surface area contributed by atoms with Gasteiger partial charge in [-0.2, -0.15) is 10.4 Å². The molecule has 1 amide bonds. The van der Waals surface area contributed by atoms with Crippen LogP contribution < -0.4 is 14.8 Å². The maximum atomic E-state index is 13.7. The minimum Gasteiger partial charge on any atom is -0.486 e. The summed E-state index contributed by atoms with van der Waals surface area (Å²) in [5, 5.41) is 18.7. The number of fused-ring (bicyclic) bond motifs is 3. The number of carbonyl (C=O) groups excluding carboxylic acids is 1. The van der Waals surface area contributed by atoms with Crippen molar-refractivity contribution < 1.29 is 14.3 Å². The van der Waals surface area contributed by atoms with Crippen LogP contribution in [0.5, 0.6) is 11.5 Å². The molecule has 0 spiro atoms. The van der Waals surface area contributed by atoms with E-state index in [-0.39, 0.29) is 11.9 Å². The van der Waals surface area contributed by atoms with Crippen molar-refractivity contribution in [2.45, 2.75) is 45.6 Å². The molecule has 182 valence electrons. The molecule has 0 saturated carbocycles. The van der Waals surface area contributed by atoms with E-state index in [1.165, 1.54) is 16.2 Å². The molecule has 0 unspecified atom stereocenters. The number of aromatic nitrogens is 3. The first kappa shape index (κ1) is 22.6. The molecule has 6 rings (SSSR count). The average molecular weight is 500 g/mol. The van der Waals surface area contributed by atoms with Crippen LogP contribution in [-0.2, 0) is 12.8 Å². The SMILES string of the molecule is CC(C)n1ncc2c(C(=O)Nc3sc4c(c3C#N)CCCC4)cc(-c3ccc4c(c3)OCCO4)nc21. The Morgan fingerprint density at radius 3 is 2.78 bits per heavy atom. The van der Waals surface area contributed by atoms with E-state index < -0.39 is 0 Å². The summed E-state index contributed by atoms with van der Waals surface area (Å²) in [5.74, 6) is 1.08. The summed E-state index contributed by atoms with van der Waals surface area (Å²) in [4.78, 5) is 19.8. The summed E-state index contributed by atoms with van der Waals surface area (Å²) in [6, 6.07) is 9.85. The quantitative estimate of drug-likeness (QED) is 0.397. The van der Waals surface area contributed by atoms with Crippen molar-refractivity contribution in [3.05, 3.63) is 52.0 Å². The molecule has 0 atom stereocenters. The van der Waals surface area contributed by atoms with Gasteiger partial charge < -0.3 is 14.8 Å². The molecule has 8 nitrogen and oxygen atoms in total. The number of carbonyl (C=O) groups is 1. The summed E-state index contributed by atoms with van der Waals surface area (Å²) in [6.07, 6.45) is 5.72. The van der Waals surface area contributed by atoms with E-state index in [4.69, 9.17) is 14.5 Å². The minimum atomic E-state index is -0.278. The van der Waals surface area contributed by atoms with Gasteiger partial charge in [0.25, 0.3) is 5.91 Å². The van der Waals surface area contributed by atoms with Gasteiger partial charge in [-0.05, 0) is 69.4 Å². The largest absolute Gasteiger partial charge is 0.486 e. The van der Waals surface area contributed by atoms with E-state index in [9.17, 15) is 10.1 Å². The number of hydrogen-bond acceptors (Lipinski definition) is 7. The van der Waals surface area contributed by atoms with Gasteiger partial charge in [-0.1, -0.05) is 0 Å². The van der Waals surface area contributed by atoms with Crippen molar-refractivity contribution >= 4 is 33.3 Å². The van der Waals surface area contributed by atoms with Crippen LogP contribution in [0.4, 0.5) is 5.00 Å². The van der Waals surface area contributed by atoms with Crippen molar-refractivity contribution in [1.82, 2.24) is 14.8 Å². The third-order valence-electron chi connectivity index (χ3n) is 6.65. The molecule has 1 N–H and O–H groups in total. The molecule has 4 heterocycles. The Balaban J connectivity index is 1.45. The number of ether oxygens (including phenoxy) is 2. The normalized spacial score (nSPS) is 14.5. The fraction of sp³-hybridized carbons (Fsp3) is 0.333. The fourth-order valence-electron chi connectivity index (χ4n) is 4.88. The predicted octanol–water partition coefficient (Wildman–Crippen LogP) is 5.51. The van der Waals surface area contributed by atoms with Crippen molar-refractivity contribution in [3.63, 3.8) is 0 Å². The van der Waals surface area contributed by atoms with Crippen LogP contribution >= 0.6 is 11.3 Å². The molecule has 36 heavy (non-hydrogen) atoms.